The van der Waals surface area contributed by atoms with Crippen LogP contribution in [0.5, 0.6) is 0 Å². The molecule has 0 fully saturated rings. The Morgan fingerprint density at radius 3 is 2.44 bits per heavy atom. The van der Waals surface area contributed by atoms with Crippen LogP contribution in [-0.2, 0) is 0 Å². The van der Waals surface area contributed by atoms with E-state index in [1.165, 1.54) is 17.8 Å². The molecule has 0 saturated heterocycles. The Labute approximate surface area is 117 Å². The van der Waals surface area contributed by atoms with Crippen molar-refractivity contribution < 1.29 is 9.90 Å². The summed E-state index contributed by atoms with van der Waals surface area (Å²) in [6.45, 7) is 0. The van der Waals surface area contributed by atoms with Crippen LogP contribution in [0, 0.1) is 0 Å². The third-order valence-electron chi connectivity index (χ3n) is 2.28. The van der Waals surface area contributed by atoms with E-state index in [2.05, 4.69) is 15.9 Å². The van der Waals surface area contributed by atoms with Gasteiger partial charge in [-0.3, -0.25) is 0 Å². The van der Waals surface area contributed by atoms with Crippen molar-refractivity contribution in [3.05, 3.63) is 52.5 Å². The first-order valence-corrected chi connectivity index (χ1v) is 6.73. The smallest absolute Gasteiger partial charge is 0.336 e. The molecule has 0 amide bonds. The summed E-state index contributed by atoms with van der Waals surface area (Å²) in [5.74, 6) is -0.949. The summed E-state index contributed by atoms with van der Waals surface area (Å²) < 4.78 is 0.984. The first kappa shape index (κ1) is 13.0. The van der Waals surface area contributed by atoms with Gasteiger partial charge in [-0.1, -0.05) is 27.7 Å². The summed E-state index contributed by atoms with van der Waals surface area (Å²) in [5, 5.41) is 9.12. The molecule has 0 aliphatic rings. The highest BCUT2D eigenvalue weighted by Crippen LogP contribution is 2.32. The number of hydrogen-bond donors (Lipinski definition) is 2. The molecule has 92 valence electrons. The van der Waals surface area contributed by atoms with Gasteiger partial charge in [-0.05, 0) is 42.5 Å². The maximum atomic E-state index is 11.1. The molecule has 0 unspecified atom stereocenters. The van der Waals surface area contributed by atoms with Gasteiger partial charge in [0.25, 0.3) is 0 Å². The molecule has 3 N–H and O–H groups in total. The van der Waals surface area contributed by atoms with Crippen molar-refractivity contribution in [2.45, 2.75) is 9.79 Å². The second-order valence-electron chi connectivity index (χ2n) is 3.62. The Hall–Kier alpha value is -1.46. The molecule has 5 heteroatoms. The Balaban J connectivity index is 2.35. The Morgan fingerprint density at radius 1 is 1.17 bits per heavy atom. The van der Waals surface area contributed by atoms with Crippen molar-refractivity contribution in [2.75, 3.05) is 5.73 Å². The molecule has 18 heavy (non-hydrogen) atoms. The van der Waals surface area contributed by atoms with E-state index in [1.807, 2.05) is 24.3 Å². The zero-order chi connectivity index (χ0) is 13.1. The molecule has 3 nitrogen and oxygen atoms in total. The second kappa shape index (κ2) is 5.46. The minimum absolute atomic E-state index is 0.261. The van der Waals surface area contributed by atoms with Gasteiger partial charge >= 0.3 is 5.97 Å². The first-order chi connectivity index (χ1) is 8.56. The molecule has 0 aromatic heterocycles. The number of carbonyl (C=O) groups is 1. The predicted octanol–water partition coefficient (Wildman–Crippen LogP) is 3.88. The maximum absolute atomic E-state index is 11.1. The molecule has 0 atom stereocenters. The van der Waals surface area contributed by atoms with Crippen LogP contribution < -0.4 is 5.73 Å². The molecule has 2 rings (SSSR count). The van der Waals surface area contributed by atoms with Gasteiger partial charge in [-0.15, -0.1) is 0 Å². The van der Waals surface area contributed by atoms with E-state index in [1.54, 1.807) is 12.1 Å². The number of aromatic carboxylic acids is 1. The van der Waals surface area contributed by atoms with Crippen molar-refractivity contribution >= 4 is 39.3 Å². The van der Waals surface area contributed by atoms with Crippen LogP contribution in [0.3, 0.4) is 0 Å². The molecule has 0 aliphatic heterocycles. The Bertz CT molecular complexity index is 584. The van der Waals surface area contributed by atoms with Gasteiger partial charge in [0.15, 0.2) is 0 Å². The molecular weight excluding hydrogens is 314 g/mol. The lowest BCUT2D eigenvalue weighted by Gasteiger charge is -2.07. The van der Waals surface area contributed by atoms with Crippen LogP contribution in [0.4, 0.5) is 5.69 Å². The lowest BCUT2D eigenvalue weighted by Crippen LogP contribution is -1.99. The van der Waals surface area contributed by atoms with Crippen LogP contribution in [-0.4, -0.2) is 11.1 Å². The van der Waals surface area contributed by atoms with E-state index in [9.17, 15) is 4.79 Å². The van der Waals surface area contributed by atoms with Gasteiger partial charge in [0.1, 0.15) is 0 Å². The number of nitrogens with two attached hydrogens (primary N) is 1. The molecule has 0 saturated carbocycles. The molecule has 0 aliphatic carbocycles. The van der Waals surface area contributed by atoms with E-state index >= 15 is 0 Å². The number of nitrogen functional groups attached to an aromatic ring is 1. The SMILES string of the molecule is Nc1ccc(C(=O)O)c(Sc2ccc(Br)cc2)c1. The minimum atomic E-state index is -0.949. The van der Waals surface area contributed by atoms with E-state index in [0.29, 0.717) is 10.6 Å². The predicted molar refractivity (Wildman–Crippen MR) is 76.1 cm³/mol. The number of rotatable bonds is 3. The summed E-state index contributed by atoms with van der Waals surface area (Å²) in [6, 6.07) is 12.5. The third-order valence-corrected chi connectivity index (χ3v) is 3.87. The van der Waals surface area contributed by atoms with Crippen LogP contribution in [0.15, 0.2) is 56.7 Å². The average molecular weight is 324 g/mol. The highest BCUT2D eigenvalue weighted by molar-refractivity contribution is 9.10. The quantitative estimate of drug-likeness (QED) is 0.841. The van der Waals surface area contributed by atoms with Gasteiger partial charge in [0.2, 0.25) is 0 Å². The normalized spacial score (nSPS) is 10.3. The molecule has 2 aromatic carbocycles. The number of benzene rings is 2. The summed E-state index contributed by atoms with van der Waals surface area (Å²) in [7, 11) is 0. The van der Waals surface area contributed by atoms with Crippen LogP contribution in [0.2, 0.25) is 0 Å². The first-order valence-electron chi connectivity index (χ1n) is 5.12. The van der Waals surface area contributed by atoms with E-state index in [-0.39, 0.29) is 5.56 Å². The fraction of sp³-hybridized carbons (Fsp3) is 0. The number of carboxylic acid groups (broad SMARTS) is 1. The van der Waals surface area contributed by atoms with Crippen LogP contribution in [0.25, 0.3) is 0 Å². The standard InChI is InChI=1S/C13H10BrNO2S/c14-8-1-4-10(5-2-8)18-12-7-9(15)3-6-11(12)13(16)17/h1-7H,15H2,(H,16,17). The Kier molecular flexibility index (Phi) is 3.93. The van der Waals surface area contributed by atoms with Crippen molar-refractivity contribution in [3.8, 4) is 0 Å². The number of carboxylic acids is 1. The highest BCUT2D eigenvalue weighted by atomic mass is 79.9. The fourth-order valence-corrected chi connectivity index (χ4v) is 2.68. The minimum Gasteiger partial charge on any atom is -0.478 e. The number of hydrogen-bond acceptors (Lipinski definition) is 3. The molecule has 2 aromatic rings. The molecule has 0 spiro atoms. The molecule has 0 bridgehead atoms. The average Bonchev–Trinajstić information content (AvgIpc) is 2.32. The summed E-state index contributed by atoms with van der Waals surface area (Å²) >= 11 is 4.74. The van der Waals surface area contributed by atoms with Crippen molar-refractivity contribution in [1.82, 2.24) is 0 Å². The fourth-order valence-electron chi connectivity index (χ4n) is 1.43. The van der Waals surface area contributed by atoms with Crippen LogP contribution >= 0.6 is 27.7 Å². The lowest BCUT2D eigenvalue weighted by atomic mass is 10.2. The highest BCUT2D eigenvalue weighted by Gasteiger charge is 2.11. The van der Waals surface area contributed by atoms with Crippen molar-refractivity contribution in [2.24, 2.45) is 0 Å². The summed E-state index contributed by atoms with van der Waals surface area (Å²) in [5.41, 5.74) is 6.51. The monoisotopic (exact) mass is 323 g/mol. The van der Waals surface area contributed by atoms with E-state index in [4.69, 9.17) is 10.8 Å². The lowest BCUT2D eigenvalue weighted by molar-refractivity contribution is 0.0693. The van der Waals surface area contributed by atoms with Gasteiger partial charge in [-0.25, -0.2) is 4.79 Å². The van der Waals surface area contributed by atoms with E-state index < -0.39 is 5.97 Å². The number of halogens is 1. The van der Waals surface area contributed by atoms with Gasteiger partial charge in [0, 0.05) is 20.0 Å². The van der Waals surface area contributed by atoms with Gasteiger partial charge in [0.05, 0.1) is 5.56 Å². The summed E-state index contributed by atoms with van der Waals surface area (Å²) in [4.78, 5) is 12.7. The van der Waals surface area contributed by atoms with Gasteiger partial charge in [-0.2, -0.15) is 0 Å². The third kappa shape index (κ3) is 3.05. The largest absolute Gasteiger partial charge is 0.478 e. The van der Waals surface area contributed by atoms with Crippen LogP contribution in [0.1, 0.15) is 10.4 Å². The molecule has 0 heterocycles. The second-order valence-corrected chi connectivity index (χ2v) is 5.65. The Morgan fingerprint density at radius 2 is 1.83 bits per heavy atom. The molecular formula is C13H10BrNO2S. The van der Waals surface area contributed by atoms with E-state index in [0.717, 1.165) is 9.37 Å². The zero-order valence-corrected chi connectivity index (χ0v) is 11.7. The topological polar surface area (TPSA) is 63.3 Å². The van der Waals surface area contributed by atoms with Crippen molar-refractivity contribution in [3.63, 3.8) is 0 Å². The summed E-state index contributed by atoms with van der Waals surface area (Å²) in [6.07, 6.45) is 0. The number of anilines is 1. The maximum Gasteiger partial charge on any atom is 0.336 e. The van der Waals surface area contributed by atoms with Gasteiger partial charge < -0.3 is 10.8 Å². The van der Waals surface area contributed by atoms with Crippen molar-refractivity contribution in [1.29, 1.82) is 0 Å². The zero-order valence-electron chi connectivity index (χ0n) is 9.26. The molecule has 0 radical (unpaired) electrons.